The molecule has 0 aliphatic carbocycles. The predicted molar refractivity (Wildman–Crippen MR) is 67.4 cm³/mol. The molecule has 0 unspecified atom stereocenters. The van der Waals surface area contributed by atoms with Gasteiger partial charge >= 0.3 is 5.00 Å². The Labute approximate surface area is 108 Å². The standard InChI is InChI=1S/C10H13N5O2S/c1-14-7-12-9(13-14)2-3-11-5-8-4-10(15(16)17)18-6-8/h4,6-7,11H,2-3,5H2,1H3. The Hall–Kier alpha value is -1.80. The molecule has 0 aromatic carbocycles. The molecule has 0 aliphatic rings. The molecule has 96 valence electrons. The smallest absolute Gasteiger partial charge is 0.312 e. The van der Waals surface area contributed by atoms with Crippen molar-refractivity contribution in [3.63, 3.8) is 0 Å². The van der Waals surface area contributed by atoms with E-state index in [9.17, 15) is 10.1 Å². The minimum absolute atomic E-state index is 0.179. The van der Waals surface area contributed by atoms with Crippen molar-refractivity contribution in [1.82, 2.24) is 20.1 Å². The Morgan fingerprint density at radius 2 is 2.44 bits per heavy atom. The van der Waals surface area contributed by atoms with Gasteiger partial charge in [-0.1, -0.05) is 11.3 Å². The van der Waals surface area contributed by atoms with Gasteiger partial charge in [0.05, 0.1) is 4.92 Å². The summed E-state index contributed by atoms with van der Waals surface area (Å²) in [4.78, 5) is 14.3. The van der Waals surface area contributed by atoms with Gasteiger partial charge < -0.3 is 5.32 Å². The van der Waals surface area contributed by atoms with Crippen molar-refractivity contribution in [3.8, 4) is 0 Å². The SMILES string of the molecule is Cn1cnc(CCNCc2csc([N+](=O)[O-])c2)n1. The third kappa shape index (κ3) is 3.34. The zero-order valence-electron chi connectivity index (χ0n) is 9.87. The van der Waals surface area contributed by atoms with Gasteiger partial charge in [0.1, 0.15) is 6.33 Å². The molecule has 0 atom stereocenters. The van der Waals surface area contributed by atoms with Gasteiger partial charge in [-0.05, 0) is 5.56 Å². The largest absolute Gasteiger partial charge is 0.324 e. The highest BCUT2D eigenvalue weighted by Crippen LogP contribution is 2.22. The molecule has 0 fully saturated rings. The molecule has 1 N–H and O–H groups in total. The van der Waals surface area contributed by atoms with E-state index in [0.717, 1.165) is 35.7 Å². The molecule has 18 heavy (non-hydrogen) atoms. The topological polar surface area (TPSA) is 85.9 Å². The molecule has 0 bridgehead atoms. The maximum absolute atomic E-state index is 10.5. The molecule has 2 aromatic heterocycles. The molecule has 0 aliphatic heterocycles. The van der Waals surface area contributed by atoms with E-state index in [1.807, 2.05) is 7.05 Å². The maximum atomic E-state index is 10.5. The van der Waals surface area contributed by atoms with E-state index in [0.29, 0.717) is 6.54 Å². The van der Waals surface area contributed by atoms with Crippen LogP contribution in [0.1, 0.15) is 11.4 Å². The molecular formula is C10H13N5O2S. The fourth-order valence-electron chi connectivity index (χ4n) is 1.48. The van der Waals surface area contributed by atoms with E-state index in [1.165, 1.54) is 0 Å². The van der Waals surface area contributed by atoms with E-state index in [2.05, 4.69) is 15.4 Å². The number of nitrogens with zero attached hydrogens (tertiary/aromatic N) is 4. The summed E-state index contributed by atoms with van der Waals surface area (Å²) < 4.78 is 1.66. The van der Waals surface area contributed by atoms with Crippen molar-refractivity contribution in [1.29, 1.82) is 0 Å². The second-order valence-corrected chi connectivity index (χ2v) is 4.70. The minimum atomic E-state index is -0.369. The van der Waals surface area contributed by atoms with Gasteiger partial charge in [0.25, 0.3) is 0 Å². The van der Waals surface area contributed by atoms with Gasteiger partial charge in [-0.2, -0.15) is 5.10 Å². The van der Waals surface area contributed by atoms with Crippen LogP contribution in [0.5, 0.6) is 0 Å². The van der Waals surface area contributed by atoms with Gasteiger partial charge in [0, 0.05) is 38.0 Å². The predicted octanol–water partition coefficient (Wildman–Crippen LogP) is 1.12. The monoisotopic (exact) mass is 267 g/mol. The van der Waals surface area contributed by atoms with E-state index in [1.54, 1.807) is 22.5 Å². The third-order valence-corrected chi connectivity index (χ3v) is 3.25. The molecule has 2 aromatic rings. The lowest BCUT2D eigenvalue weighted by Crippen LogP contribution is -2.16. The van der Waals surface area contributed by atoms with Crippen LogP contribution in [0.25, 0.3) is 0 Å². The molecule has 0 radical (unpaired) electrons. The zero-order chi connectivity index (χ0) is 13.0. The third-order valence-electron chi connectivity index (χ3n) is 2.32. The van der Waals surface area contributed by atoms with E-state index < -0.39 is 0 Å². The first-order chi connectivity index (χ1) is 8.65. The van der Waals surface area contributed by atoms with Gasteiger partial charge in [-0.3, -0.25) is 14.8 Å². The number of thiophene rings is 1. The minimum Gasteiger partial charge on any atom is -0.312 e. The van der Waals surface area contributed by atoms with Crippen LogP contribution in [0.15, 0.2) is 17.8 Å². The fraction of sp³-hybridized carbons (Fsp3) is 0.400. The Bertz CT molecular complexity index is 536. The fourth-order valence-corrected chi connectivity index (χ4v) is 2.21. The molecule has 0 saturated carbocycles. The maximum Gasteiger partial charge on any atom is 0.324 e. The summed E-state index contributed by atoms with van der Waals surface area (Å²) in [5.74, 6) is 0.793. The van der Waals surface area contributed by atoms with Crippen molar-refractivity contribution in [2.45, 2.75) is 13.0 Å². The van der Waals surface area contributed by atoms with E-state index in [-0.39, 0.29) is 9.92 Å². The second-order valence-electron chi connectivity index (χ2n) is 3.81. The number of aromatic nitrogens is 3. The van der Waals surface area contributed by atoms with Crippen LogP contribution in [-0.2, 0) is 20.0 Å². The molecule has 2 heterocycles. The Morgan fingerprint density at radius 1 is 1.61 bits per heavy atom. The van der Waals surface area contributed by atoms with Crippen LogP contribution in [0.2, 0.25) is 0 Å². The summed E-state index contributed by atoms with van der Waals surface area (Å²) in [6, 6.07) is 1.59. The quantitative estimate of drug-likeness (QED) is 0.481. The van der Waals surface area contributed by atoms with Crippen LogP contribution < -0.4 is 5.32 Å². The highest BCUT2D eigenvalue weighted by Gasteiger charge is 2.08. The first-order valence-corrected chi connectivity index (χ1v) is 6.30. The van der Waals surface area contributed by atoms with Crippen LogP contribution in [-0.4, -0.2) is 26.2 Å². The number of hydrogen-bond donors (Lipinski definition) is 1. The Kier molecular flexibility index (Phi) is 4.00. The highest BCUT2D eigenvalue weighted by molar-refractivity contribution is 7.13. The summed E-state index contributed by atoms with van der Waals surface area (Å²) in [5, 5.41) is 19.9. The lowest BCUT2D eigenvalue weighted by Gasteiger charge is -2.00. The number of nitrogens with one attached hydrogen (secondary N) is 1. The average Bonchev–Trinajstić information content (AvgIpc) is 2.93. The average molecular weight is 267 g/mol. The van der Waals surface area contributed by atoms with Crippen molar-refractivity contribution >= 4 is 16.3 Å². The molecular weight excluding hydrogens is 254 g/mol. The summed E-state index contributed by atoms with van der Waals surface area (Å²) in [7, 11) is 1.83. The summed E-state index contributed by atoms with van der Waals surface area (Å²) >= 11 is 1.15. The summed E-state index contributed by atoms with van der Waals surface area (Å²) in [5.41, 5.74) is 0.931. The van der Waals surface area contributed by atoms with E-state index in [4.69, 9.17) is 0 Å². The molecule has 0 spiro atoms. The number of hydrogen-bond acceptors (Lipinski definition) is 6. The van der Waals surface area contributed by atoms with Gasteiger partial charge in [-0.15, -0.1) is 0 Å². The number of aryl methyl sites for hydroxylation is 1. The molecule has 0 amide bonds. The lowest BCUT2D eigenvalue weighted by atomic mass is 10.3. The molecule has 0 saturated heterocycles. The van der Waals surface area contributed by atoms with Crippen LogP contribution in [0.3, 0.4) is 0 Å². The lowest BCUT2D eigenvalue weighted by molar-refractivity contribution is -0.380. The van der Waals surface area contributed by atoms with Crippen molar-refractivity contribution in [2.75, 3.05) is 6.54 Å². The number of nitro groups is 1. The van der Waals surface area contributed by atoms with E-state index >= 15 is 0 Å². The van der Waals surface area contributed by atoms with Gasteiger partial charge in [0.2, 0.25) is 0 Å². The van der Waals surface area contributed by atoms with Crippen LogP contribution in [0, 0.1) is 10.1 Å². The normalized spacial score (nSPS) is 10.7. The molecule has 2 rings (SSSR count). The van der Waals surface area contributed by atoms with Gasteiger partial charge in [-0.25, -0.2) is 4.98 Å². The van der Waals surface area contributed by atoms with Crippen molar-refractivity contribution in [2.24, 2.45) is 7.05 Å². The first-order valence-electron chi connectivity index (χ1n) is 5.42. The Balaban J connectivity index is 1.73. The number of rotatable bonds is 6. The Morgan fingerprint density at radius 3 is 3.06 bits per heavy atom. The molecule has 7 nitrogen and oxygen atoms in total. The zero-order valence-corrected chi connectivity index (χ0v) is 10.7. The summed E-state index contributed by atoms with van der Waals surface area (Å²) in [6.45, 7) is 1.37. The van der Waals surface area contributed by atoms with Crippen molar-refractivity contribution in [3.05, 3.63) is 39.3 Å². The molecule has 8 heteroatoms. The second kappa shape index (κ2) is 5.69. The van der Waals surface area contributed by atoms with Crippen LogP contribution >= 0.6 is 11.3 Å². The highest BCUT2D eigenvalue weighted by atomic mass is 32.1. The summed E-state index contributed by atoms with van der Waals surface area (Å²) in [6.07, 6.45) is 2.41. The first kappa shape index (κ1) is 12.7. The van der Waals surface area contributed by atoms with Gasteiger partial charge in [0.15, 0.2) is 5.82 Å². The van der Waals surface area contributed by atoms with Crippen LogP contribution in [0.4, 0.5) is 5.00 Å². The van der Waals surface area contributed by atoms with Crippen molar-refractivity contribution < 1.29 is 4.92 Å².